The van der Waals surface area contributed by atoms with Crippen molar-refractivity contribution in [3.63, 3.8) is 0 Å². The van der Waals surface area contributed by atoms with E-state index in [1.807, 2.05) is 30.1 Å². The van der Waals surface area contributed by atoms with Gasteiger partial charge in [-0.2, -0.15) is 5.10 Å². The third-order valence-electron chi connectivity index (χ3n) is 4.55. The fraction of sp³-hybridized carbons (Fsp3) is 0.333. The Morgan fingerprint density at radius 1 is 1.33 bits per heavy atom. The second-order valence-electron chi connectivity index (χ2n) is 6.25. The van der Waals surface area contributed by atoms with E-state index in [4.69, 9.17) is 4.74 Å². The maximum atomic E-state index is 5.39. The van der Waals surface area contributed by atoms with E-state index in [1.54, 1.807) is 13.4 Å². The van der Waals surface area contributed by atoms with Crippen LogP contribution >= 0.6 is 0 Å². The molecule has 6 nitrogen and oxygen atoms in total. The monoisotopic (exact) mass is 323 g/mol. The summed E-state index contributed by atoms with van der Waals surface area (Å²) in [5.74, 6) is 1.12. The molecule has 1 N–H and O–H groups in total. The van der Waals surface area contributed by atoms with Crippen molar-refractivity contribution in [2.24, 2.45) is 7.05 Å². The Labute approximate surface area is 141 Å². The molecule has 124 valence electrons. The minimum Gasteiger partial charge on any atom is -0.497 e. The first-order valence-electron chi connectivity index (χ1n) is 8.10. The molecule has 0 bridgehead atoms. The van der Waals surface area contributed by atoms with Crippen LogP contribution in [0.2, 0.25) is 0 Å². The first kappa shape index (κ1) is 15.0. The molecule has 1 aromatic carbocycles. The summed E-state index contributed by atoms with van der Waals surface area (Å²) in [5, 5.41) is 4.50. The number of nitrogens with zero attached hydrogens (tertiary/aromatic N) is 4. The van der Waals surface area contributed by atoms with Gasteiger partial charge in [0.1, 0.15) is 5.75 Å². The largest absolute Gasteiger partial charge is 0.497 e. The molecule has 3 heterocycles. The SMILES string of the molecule is COc1cccc(C2CN(Cc3ccn(C)n3)Cc3[nH]cnc32)c1. The van der Waals surface area contributed by atoms with Crippen molar-refractivity contribution in [1.82, 2.24) is 24.6 Å². The first-order valence-corrected chi connectivity index (χ1v) is 8.10. The average Bonchev–Trinajstić information content (AvgIpc) is 3.23. The van der Waals surface area contributed by atoms with E-state index < -0.39 is 0 Å². The number of aromatic nitrogens is 4. The maximum Gasteiger partial charge on any atom is 0.119 e. The molecule has 1 aliphatic heterocycles. The molecule has 0 saturated heterocycles. The van der Waals surface area contributed by atoms with E-state index >= 15 is 0 Å². The summed E-state index contributed by atoms with van der Waals surface area (Å²) in [6, 6.07) is 10.3. The number of hydrogen-bond donors (Lipinski definition) is 1. The molecule has 1 aliphatic rings. The highest BCUT2D eigenvalue weighted by atomic mass is 16.5. The zero-order valence-electron chi connectivity index (χ0n) is 13.9. The number of methoxy groups -OCH3 is 1. The topological polar surface area (TPSA) is 59.0 Å². The highest BCUT2D eigenvalue weighted by Crippen LogP contribution is 2.33. The van der Waals surface area contributed by atoms with Crippen molar-refractivity contribution in [2.45, 2.75) is 19.0 Å². The predicted molar refractivity (Wildman–Crippen MR) is 90.7 cm³/mol. The molecule has 0 radical (unpaired) electrons. The Morgan fingerprint density at radius 3 is 3.04 bits per heavy atom. The second-order valence-corrected chi connectivity index (χ2v) is 6.25. The fourth-order valence-electron chi connectivity index (χ4n) is 3.41. The number of nitrogens with one attached hydrogen (secondary N) is 1. The van der Waals surface area contributed by atoms with Crippen LogP contribution in [0.1, 0.15) is 28.6 Å². The van der Waals surface area contributed by atoms with Gasteiger partial charge in [0.15, 0.2) is 0 Å². The summed E-state index contributed by atoms with van der Waals surface area (Å²) >= 11 is 0. The summed E-state index contributed by atoms with van der Waals surface area (Å²) in [6.45, 7) is 2.62. The molecular weight excluding hydrogens is 302 g/mol. The van der Waals surface area contributed by atoms with E-state index in [-0.39, 0.29) is 5.92 Å². The van der Waals surface area contributed by atoms with Gasteiger partial charge in [-0.05, 0) is 23.8 Å². The summed E-state index contributed by atoms with van der Waals surface area (Å²) in [4.78, 5) is 10.3. The van der Waals surface area contributed by atoms with Gasteiger partial charge in [0.05, 0.1) is 30.5 Å². The van der Waals surface area contributed by atoms with Crippen LogP contribution in [0.4, 0.5) is 0 Å². The molecule has 0 fully saturated rings. The van der Waals surface area contributed by atoms with E-state index in [0.29, 0.717) is 0 Å². The number of fused-ring (bicyclic) bond motifs is 1. The Balaban J connectivity index is 1.63. The first-order chi connectivity index (χ1) is 11.7. The minimum atomic E-state index is 0.235. The van der Waals surface area contributed by atoms with Crippen molar-refractivity contribution in [1.29, 1.82) is 0 Å². The van der Waals surface area contributed by atoms with Crippen LogP contribution in [0.25, 0.3) is 0 Å². The van der Waals surface area contributed by atoms with Crippen molar-refractivity contribution in [3.8, 4) is 5.75 Å². The number of hydrogen-bond acceptors (Lipinski definition) is 4. The third-order valence-corrected chi connectivity index (χ3v) is 4.55. The number of aryl methyl sites for hydroxylation is 1. The molecule has 3 aromatic rings. The smallest absolute Gasteiger partial charge is 0.119 e. The zero-order chi connectivity index (χ0) is 16.5. The Morgan fingerprint density at radius 2 is 2.25 bits per heavy atom. The van der Waals surface area contributed by atoms with Crippen LogP contribution in [-0.2, 0) is 20.1 Å². The van der Waals surface area contributed by atoms with Crippen LogP contribution in [0.15, 0.2) is 42.9 Å². The molecule has 0 amide bonds. The Bertz CT molecular complexity index is 837. The van der Waals surface area contributed by atoms with Gasteiger partial charge in [0, 0.05) is 38.8 Å². The summed E-state index contributed by atoms with van der Waals surface area (Å²) < 4.78 is 7.23. The third kappa shape index (κ3) is 2.80. The number of rotatable bonds is 4. The van der Waals surface area contributed by atoms with Gasteiger partial charge < -0.3 is 9.72 Å². The summed E-state index contributed by atoms with van der Waals surface area (Å²) in [7, 11) is 3.65. The van der Waals surface area contributed by atoms with Gasteiger partial charge in [0.25, 0.3) is 0 Å². The van der Waals surface area contributed by atoms with Gasteiger partial charge in [-0.25, -0.2) is 4.98 Å². The highest BCUT2D eigenvalue weighted by molar-refractivity contribution is 5.38. The number of H-pyrrole nitrogens is 1. The maximum absolute atomic E-state index is 5.39. The number of benzene rings is 1. The van der Waals surface area contributed by atoms with Gasteiger partial charge in [0.2, 0.25) is 0 Å². The summed E-state index contributed by atoms with van der Waals surface area (Å²) in [6.07, 6.45) is 3.78. The molecule has 1 atom stereocenters. The molecule has 0 aliphatic carbocycles. The lowest BCUT2D eigenvalue weighted by atomic mass is 9.90. The molecule has 1 unspecified atom stereocenters. The van der Waals surface area contributed by atoms with Gasteiger partial charge in [-0.3, -0.25) is 9.58 Å². The lowest BCUT2D eigenvalue weighted by molar-refractivity contribution is 0.224. The van der Waals surface area contributed by atoms with Crippen molar-refractivity contribution in [2.75, 3.05) is 13.7 Å². The van der Waals surface area contributed by atoms with Crippen LogP contribution in [0.3, 0.4) is 0 Å². The number of ether oxygens (including phenoxy) is 1. The molecule has 4 rings (SSSR count). The second kappa shape index (κ2) is 6.13. The molecular formula is C18H21N5O. The summed E-state index contributed by atoms with van der Waals surface area (Å²) in [5.41, 5.74) is 4.64. The van der Waals surface area contributed by atoms with E-state index in [0.717, 1.165) is 36.8 Å². The quantitative estimate of drug-likeness (QED) is 0.800. The molecule has 2 aromatic heterocycles. The van der Waals surface area contributed by atoms with Crippen molar-refractivity contribution in [3.05, 3.63) is 65.5 Å². The molecule has 0 saturated carbocycles. The molecule has 6 heteroatoms. The average molecular weight is 323 g/mol. The lowest BCUT2D eigenvalue weighted by Gasteiger charge is -2.31. The van der Waals surface area contributed by atoms with E-state index in [2.05, 4.69) is 38.2 Å². The molecule has 0 spiro atoms. The van der Waals surface area contributed by atoms with Crippen LogP contribution in [-0.4, -0.2) is 38.3 Å². The van der Waals surface area contributed by atoms with Crippen molar-refractivity contribution >= 4 is 0 Å². The van der Waals surface area contributed by atoms with Gasteiger partial charge in [-0.1, -0.05) is 12.1 Å². The number of aromatic amines is 1. The standard InChI is InChI=1S/C18H21N5O/c1-22-7-6-14(21-22)9-23-10-16(18-17(11-23)19-12-20-18)13-4-3-5-15(8-13)24-2/h3-8,12,16H,9-11H2,1-2H3,(H,19,20). The lowest BCUT2D eigenvalue weighted by Crippen LogP contribution is -2.34. The van der Waals surface area contributed by atoms with Gasteiger partial charge >= 0.3 is 0 Å². The van der Waals surface area contributed by atoms with Crippen LogP contribution in [0.5, 0.6) is 5.75 Å². The Hall–Kier alpha value is -2.60. The number of imidazole rings is 1. The molecule has 24 heavy (non-hydrogen) atoms. The normalized spacial score (nSPS) is 17.7. The minimum absolute atomic E-state index is 0.235. The predicted octanol–water partition coefficient (Wildman–Crippen LogP) is 2.30. The highest BCUT2D eigenvalue weighted by Gasteiger charge is 2.29. The van der Waals surface area contributed by atoms with E-state index in [1.165, 1.54) is 11.3 Å². The van der Waals surface area contributed by atoms with Crippen LogP contribution in [0, 0.1) is 0 Å². The Kier molecular flexibility index (Phi) is 3.82. The van der Waals surface area contributed by atoms with Crippen LogP contribution < -0.4 is 4.74 Å². The fourth-order valence-corrected chi connectivity index (χ4v) is 3.41. The zero-order valence-corrected chi connectivity index (χ0v) is 13.9. The van der Waals surface area contributed by atoms with Crippen molar-refractivity contribution < 1.29 is 4.74 Å². The van der Waals surface area contributed by atoms with Gasteiger partial charge in [-0.15, -0.1) is 0 Å². The van der Waals surface area contributed by atoms with E-state index in [9.17, 15) is 0 Å².